The maximum atomic E-state index is 9.16. The van der Waals surface area contributed by atoms with E-state index in [1.807, 2.05) is 0 Å². The van der Waals surface area contributed by atoms with E-state index in [9.17, 15) is 0 Å². The second-order valence-electron chi connectivity index (χ2n) is 2.35. The summed E-state index contributed by atoms with van der Waals surface area (Å²) < 4.78 is 4.47. The van der Waals surface area contributed by atoms with Crippen molar-refractivity contribution in [2.24, 2.45) is 0 Å². The zero-order chi connectivity index (χ0) is 7.78. The van der Waals surface area contributed by atoms with Crippen LogP contribution in [0.25, 0.3) is 0 Å². The first kappa shape index (κ1) is 7.90. The van der Waals surface area contributed by atoms with E-state index < -0.39 is 24.6 Å². The van der Waals surface area contributed by atoms with Crippen molar-refractivity contribution in [2.45, 2.75) is 18.0 Å². The number of hydrogen-bond donors (Lipinski definition) is 4. The maximum absolute atomic E-state index is 9.16. The normalized spacial score (nSPS) is 48.0. The molecular formula is C5H10O5. The van der Waals surface area contributed by atoms with E-state index >= 15 is 0 Å². The molecule has 1 saturated heterocycles. The maximum Gasteiger partial charge on any atom is 0.188 e. The van der Waals surface area contributed by atoms with Crippen molar-refractivity contribution in [1.29, 1.82) is 0 Å². The minimum Gasteiger partial charge on any atom is -0.393 e. The molecule has 3 atom stereocenters. The third kappa shape index (κ3) is 0.920. The second-order valence-corrected chi connectivity index (χ2v) is 2.35. The fourth-order valence-electron chi connectivity index (χ4n) is 0.819. The van der Waals surface area contributed by atoms with Gasteiger partial charge in [-0.2, -0.15) is 0 Å². The van der Waals surface area contributed by atoms with E-state index in [4.69, 9.17) is 20.4 Å². The van der Waals surface area contributed by atoms with Gasteiger partial charge in [-0.15, -0.1) is 0 Å². The van der Waals surface area contributed by atoms with Gasteiger partial charge in [-0.1, -0.05) is 0 Å². The monoisotopic (exact) mass is 150 g/mol. The van der Waals surface area contributed by atoms with Crippen LogP contribution < -0.4 is 0 Å². The molecule has 0 aromatic heterocycles. The van der Waals surface area contributed by atoms with E-state index in [1.165, 1.54) is 0 Å². The van der Waals surface area contributed by atoms with Gasteiger partial charge in [-0.05, 0) is 0 Å². The molecule has 5 heteroatoms. The molecule has 1 heterocycles. The van der Waals surface area contributed by atoms with E-state index in [0.29, 0.717) is 0 Å². The standard InChI is InChI=1S/C5H10O5/c6-2-5(9)3(7)1-10-4(5)8/h3-4,6-9H,1-2H2/t3-,4?,5-/m1/s1. The molecule has 0 aromatic carbocycles. The molecule has 1 unspecified atom stereocenters. The Hall–Kier alpha value is -0.200. The van der Waals surface area contributed by atoms with Crippen LogP contribution in [0.3, 0.4) is 0 Å². The highest BCUT2D eigenvalue weighted by molar-refractivity contribution is 4.93. The Morgan fingerprint density at radius 1 is 1.50 bits per heavy atom. The van der Waals surface area contributed by atoms with Gasteiger partial charge in [-0.3, -0.25) is 0 Å². The van der Waals surface area contributed by atoms with E-state index in [1.54, 1.807) is 0 Å². The third-order valence-corrected chi connectivity index (χ3v) is 1.67. The van der Waals surface area contributed by atoms with Crippen molar-refractivity contribution >= 4 is 0 Å². The topological polar surface area (TPSA) is 90.2 Å². The summed E-state index contributed by atoms with van der Waals surface area (Å²) in [4.78, 5) is 0. The van der Waals surface area contributed by atoms with E-state index in [-0.39, 0.29) is 6.61 Å². The van der Waals surface area contributed by atoms with Crippen molar-refractivity contribution in [1.82, 2.24) is 0 Å². The van der Waals surface area contributed by atoms with Gasteiger partial charge in [0.1, 0.15) is 6.10 Å². The first-order chi connectivity index (χ1) is 4.61. The third-order valence-electron chi connectivity index (χ3n) is 1.67. The average molecular weight is 150 g/mol. The largest absolute Gasteiger partial charge is 0.393 e. The van der Waals surface area contributed by atoms with Crippen LogP contribution in [0.1, 0.15) is 0 Å². The van der Waals surface area contributed by atoms with Crippen LogP contribution in [0.5, 0.6) is 0 Å². The summed E-state index contributed by atoms with van der Waals surface area (Å²) in [5.74, 6) is 0. The molecule has 0 amide bonds. The van der Waals surface area contributed by atoms with Crippen LogP contribution in [0, 0.1) is 0 Å². The molecule has 0 saturated carbocycles. The fourth-order valence-corrected chi connectivity index (χ4v) is 0.819. The first-order valence-electron chi connectivity index (χ1n) is 2.92. The highest BCUT2D eigenvalue weighted by atomic mass is 16.6. The van der Waals surface area contributed by atoms with Gasteiger partial charge >= 0.3 is 0 Å². The minimum atomic E-state index is -1.90. The van der Waals surface area contributed by atoms with Crippen molar-refractivity contribution in [3.05, 3.63) is 0 Å². The number of hydrogen-bond acceptors (Lipinski definition) is 5. The van der Waals surface area contributed by atoms with E-state index in [2.05, 4.69) is 4.74 Å². The summed E-state index contributed by atoms with van der Waals surface area (Å²) in [5, 5.41) is 35.4. The molecule has 4 N–H and O–H groups in total. The second kappa shape index (κ2) is 2.44. The summed E-state index contributed by atoms with van der Waals surface area (Å²) in [6, 6.07) is 0. The Bertz CT molecular complexity index is 115. The van der Waals surface area contributed by atoms with Crippen LogP contribution in [0.15, 0.2) is 0 Å². The van der Waals surface area contributed by atoms with Crippen molar-refractivity contribution in [3.8, 4) is 0 Å². The Balaban J connectivity index is 2.70. The number of rotatable bonds is 1. The van der Waals surface area contributed by atoms with Gasteiger partial charge in [0.2, 0.25) is 0 Å². The Morgan fingerprint density at radius 3 is 2.30 bits per heavy atom. The summed E-state index contributed by atoms with van der Waals surface area (Å²) in [5.41, 5.74) is -1.90. The van der Waals surface area contributed by atoms with Crippen molar-refractivity contribution in [3.63, 3.8) is 0 Å². The van der Waals surface area contributed by atoms with Crippen LogP contribution in [-0.4, -0.2) is 51.6 Å². The van der Waals surface area contributed by atoms with Crippen LogP contribution in [0.2, 0.25) is 0 Å². The molecule has 10 heavy (non-hydrogen) atoms. The lowest BCUT2D eigenvalue weighted by molar-refractivity contribution is -0.187. The Labute approximate surface area is 57.5 Å². The van der Waals surface area contributed by atoms with E-state index in [0.717, 1.165) is 0 Å². The zero-order valence-corrected chi connectivity index (χ0v) is 5.27. The van der Waals surface area contributed by atoms with Gasteiger partial charge in [0, 0.05) is 0 Å². The molecule has 0 aliphatic carbocycles. The van der Waals surface area contributed by atoms with Crippen LogP contribution in [-0.2, 0) is 4.74 Å². The summed E-state index contributed by atoms with van der Waals surface area (Å²) in [7, 11) is 0. The van der Waals surface area contributed by atoms with Crippen LogP contribution in [0.4, 0.5) is 0 Å². The molecule has 1 aliphatic rings. The summed E-state index contributed by atoms with van der Waals surface area (Å²) >= 11 is 0. The lowest BCUT2D eigenvalue weighted by Crippen LogP contribution is -2.50. The number of aliphatic hydroxyl groups excluding tert-OH is 3. The molecule has 60 valence electrons. The van der Waals surface area contributed by atoms with Gasteiger partial charge in [0.25, 0.3) is 0 Å². The smallest absolute Gasteiger partial charge is 0.188 e. The predicted molar refractivity (Wildman–Crippen MR) is 30.0 cm³/mol. The molecule has 0 aromatic rings. The first-order valence-corrected chi connectivity index (χ1v) is 2.92. The molecule has 0 radical (unpaired) electrons. The lowest BCUT2D eigenvalue weighted by Gasteiger charge is -2.24. The molecular weight excluding hydrogens is 140 g/mol. The van der Waals surface area contributed by atoms with Crippen molar-refractivity contribution < 1.29 is 25.2 Å². The van der Waals surface area contributed by atoms with Crippen molar-refractivity contribution in [2.75, 3.05) is 13.2 Å². The SMILES string of the molecule is OC[C@]1(O)C(O)OC[C@H]1O. The van der Waals surface area contributed by atoms with Gasteiger partial charge < -0.3 is 25.2 Å². The molecule has 0 spiro atoms. The highest BCUT2D eigenvalue weighted by Crippen LogP contribution is 2.23. The minimum absolute atomic E-state index is 0.155. The lowest BCUT2D eigenvalue weighted by atomic mass is 10.0. The molecule has 5 nitrogen and oxygen atoms in total. The van der Waals surface area contributed by atoms with Gasteiger partial charge in [-0.25, -0.2) is 0 Å². The summed E-state index contributed by atoms with van der Waals surface area (Å²) in [6.45, 7) is -0.867. The fraction of sp³-hybridized carbons (Fsp3) is 1.00. The Morgan fingerprint density at radius 2 is 2.10 bits per heavy atom. The zero-order valence-electron chi connectivity index (χ0n) is 5.27. The summed E-state index contributed by atoms with van der Waals surface area (Å²) in [6.07, 6.45) is -2.71. The van der Waals surface area contributed by atoms with Crippen LogP contribution >= 0.6 is 0 Å². The number of aliphatic hydroxyl groups is 4. The molecule has 1 aliphatic heterocycles. The molecule has 0 bridgehead atoms. The van der Waals surface area contributed by atoms with Gasteiger partial charge in [0.05, 0.1) is 13.2 Å². The Kier molecular flexibility index (Phi) is 1.93. The highest BCUT2D eigenvalue weighted by Gasteiger charge is 2.48. The molecule has 1 fully saturated rings. The quantitative estimate of drug-likeness (QED) is 0.329. The number of ether oxygens (including phenoxy) is 1. The van der Waals surface area contributed by atoms with Gasteiger partial charge in [0.15, 0.2) is 11.9 Å². The molecule has 1 rings (SSSR count). The predicted octanol–water partition coefficient (Wildman–Crippen LogP) is -2.58. The average Bonchev–Trinajstić information content (AvgIpc) is 2.18.